The first kappa shape index (κ1) is 11.6. The molecule has 0 aliphatic carbocycles. The minimum atomic E-state index is -0.154. The van der Waals surface area contributed by atoms with E-state index in [1.54, 1.807) is 0 Å². The fourth-order valence-corrected chi connectivity index (χ4v) is 2.06. The van der Waals surface area contributed by atoms with Gasteiger partial charge in [-0.05, 0) is 24.6 Å². The van der Waals surface area contributed by atoms with Gasteiger partial charge in [0, 0.05) is 16.9 Å². The molecule has 16 heavy (non-hydrogen) atoms. The van der Waals surface area contributed by atoms with Gasteiger partial charge in [-0.25, -0.2) is 0 Å². The molecule has 1 aromatic rings. The smallest absolute Gasteiger partial charge is 0.323 e. The Morgan fingerprint density at radius 2 is 2.12 bits per heavy atom. The molecule has 2 unspecified atom stereocenters. The molecule has 0 radical (unpaired) electrons. The maximum atomic E-state index is 11.3. The van der Waals surface area contributed by atoms with Crippen molar-refractivity contribution in [3.8, 4) is 0 Å². The van der Waals surface area contributed by atoms with Gasteiger partial charge in [0.1, 0.15) is 6.04 Å². The number of benzene rings is 1. The van der Waals surface area contributed by atoms with Crippen molar-refractivity contribution in [3.63, 3.8) is 0 Å². The molecular weight excluding hydrogens is 270 g/mol. The predicted molar refractivity (Wildman–Crippen MR) is 65.1 cm³/mol. The molecule has 2 rings (SSSR count). The van der Waals surface area contributed by atoms with Crippen LogP contribution in [-0.2, 0) is 9.53 Å². The Bertz CT molecular complexity index is 377. The van der Waals surface area contributed by atoms with E-state index in [0.717, 1.165) is 10.9 Å². The number of hydrogen-bond acceptors (Lipinski definition) is 3. The highest BCUT2D eigenvalue weighted by molar-refractivity contribution is 9.10. The van der Waals surface area contributed by atoms with Crippen LogP contribution in [0.3, 0.4) is 0 Å². The van der Waals surface area contributed by atoms with Gasteiger partial charge in [0.25, 0.3) is 0 Å². The molecule has 3 nitrogen and oxygen atoms in total. The summed E-state index contributed by atoms with van der Waals surface area (Å²) in [7, 11) is 0. The highest BCUT2D eigenvalue weighted by atomic mass is 79.9. The molecule has 1 fully saturated rings. The van der Waals surface area contributed by atoms with Crippen molar-refractivity contribution in [2.24, 2.45) is 0 Å². The third-order valence-electron chi connectivity index (χ3n) is 2.76. The molecule has 0 bridgehead atoms. The Morgan fingerprint density at radius 3 is 2.69 bits per heavy atom. The molecule has 4 heteroatoms. The third kappa shape index (κ3) is 2.62. The molecule has 1 heterocycles. The minimum Gasteiger partial charge on any atom is -0.464 e. The number of ether oxygens (including phenoxy) is 1. The molecule has 86 valence electrons. The molecular formula is C12H14BrNO2. The predicted octanol–water partition coefficient (Wildman–Crippen LogP) is 2.42. The van der Waals surface area contributed by atoms with Gasteiger partial charge >= 0.3 is 5.97 Å². The topological polar surface area (TPSA) is 38.3 Å². The van der Waals surface area contributed by atoms with E-state index in [9.17, 15) is 4.79 Å². The summed E-state index contributed by atoms with van der Waals surface area (Å²) in [4.78, 5) is 11.3. The quantitative estimate of drug-likeness (QED) is 0.866. The van der Waals surface area contributed by atoms with Crippen molar-refractivity contribution in [2.75, 3.05) is 6.61 Å². The van der Waals surface area contributed by atoms with E-state index in [0.29, 0.717) is 6.61 Å². The first-order valence-corrected chi connectivity index (χ1v) is 6.14. The average molecular weight is 284 g/mol. The van der Waals surface area contributed by atoms with E-state index in [2.05, 4.69) is 28.2 Å². The van der Waals surface area contributed by atoms with Crippen LogP contribution in [0.4, 0.5) is 0 Å². The number of nitrogens with one attached hydrogen (secondary N) is 1. The Balaban J connectivity index is 1.99. The number of carbonyl (C=O) groups excluding carboxylic acids is 1. The molecule has 0 aromatic heterocycles. The van der Waals surface area contributed by atoms with E-state index in [1.807, 2.05) is 24.3 Å². The summed E-state index contributed by atoms with van der Waals surface area (Å²) < 4.78 is 5.97. The highest BCUT2D eigenvalue weighted by Gasteiger charge is 2.27. The van der Waals surface area contributed by atoms with Crippen LogP contribution in [0.25, 0.3) is 0 Å². The van der Waals surface area contributed by atoms with Gasteiger partial charge in [0.15, 0.2) is 0 Å². The monoisotopic (exact) mass is 283 g/mol. The van der Waals surface area contributed by atoms with Crippen LogP contribution >= 0.6 is 15.9 Å². The second-order valence-corrected chi connectivity index (χ2v) is 4.86. The summed E-state index contributed by atoms with van der Waals surface area (Å²) in [6, 6.07) is 8.09. The molecule has 0 amide bonds. The van der Waals surface area contributed by atoms with Crippen molar-refractivity contribution in [3.05, 3.63) is 34.3 Å². The zero-order valence-electron chi connectivity index (χ0n) is 9.07. The van der Waals surface area contributed by atoms with Crippen molar-refractivity contribution >= 4 is 21.9 Å². The summed E-state index contributed by atoms with van der Waals surface area (Å²) in [6.45, 7) is 2.58. The van der Waals surface area contributed by atoms with Gasteiger partial charge in [0.2, 0.25) is 0 Å². The highest BCUT2D eigenvalue weighted by Crippen LogP contribution is 2.18. The fraction of sp³-hybridized carbons (Fsp3) is 0.417. The second kappa shape index (κ2) is 4.97. The lowest BCUT2D eigenvalue weighted by molar-refractivity contribution is -0.139. The SMILES string of the molecule is CC(NC1CCOC1=O)c1ccc(Br)cc1. The first-order valence-electron chi connectivity index (χ1n) is 5.35. The lowest BCUT2D eigenvalue weighted by atomic mass is 10.1. The molecule has 1 saturated heterocycles. The number of hydrogen-bond donors (Lipinski definition) is 1. The summed E-state index contributed by atoms with van der Waals surface area (Å²) in [5.41, 5.74) is 1.17. The van der Waals surface area contributed by atoms with E-state index in [4.69, 9.17) is 4.74 Å². The Morgan fingerprint density at radius 1 is 1.44 bits per heavy atom. The lowest BCUT2D eigenvalue weighted by Gasteiger charge is -2.17. The van der Waals surface area contributed by atoms with Gasteiger partial charge < -0.3 is 4.74 Å². The van der Waals surface area contributed by atoms with Crippen molar-refractivity contribution in [1.82, 2.24) is 5.32 Å². The van der Waals surface area contributed by atoms with E-state index in [-0.39, 0.29) is 18.1 Å². The molecule has 0 saturated carbocycles. The van der Waals surface area contributed by atoms with Gasteiger partial charge in [-0.2, -0.15) is 0 Å². The van der Waals surface area contributed by atoms with Crippen LogP contribution in [-0.4, -0.2) is 18.6 Å². The number of carbonyl (C=O) groups is 1. The van der Waals surface area contributed by atoms with Gasteiger partial charge in [-0.3, -0.25) is 10.1 Å². The number of cyclic esters (lactones) is 1. The Kier molecular flexibility index (Phi) is 3.61. The molecule has 1 aromatic carbocycles. The molecule has 0 spiro atoms. The van der Waals surface area contributed by atoms with E-state index < -0.39 is 0 Å². The van der Waals surface area contributed by atoms with Crippen LogP contribution in [0.15, 0.2) is 28.7 Å². The average Bonchev–Trinajstić information content (AvgIpc) is 2.65. The Labute approximate surface area is 103 Å². The van der Waals surface area contributed by atoms with Crippen molar-refractivity contribution in [2.45, 2.75) is 25.4 Å². The van der Waals surface area contributed by atoms with Gasteiger partial charge in [-0.1, -0.05) is 28.1 Å². The summed E-state index contributed by atoms with van der Waals surface area (Å²) in [5.74, 6) is -0.135. The first-order chi connectivity index (χ1) is 7.66. The molecule has 2 atom stereocenters. The Hall–Kier alpha value is -0.870. The lowest BCUT2D eigenvalue weighted by Crippen LogP contribution is -2.34. The van der Waals surface area contributed by atoms with Crippen LogP contribution in [0.5, 0.6) is 0 Å². The maximum absolute atomic E-state index is 11.3. The standard InChI is InChI=1S/C12H14BrNO2/c1-8(9-2-4-10(13)5-3-9)14-11-6-7-16-12(11)15/h2-5,8,11,14H,6-7H2,1H3. The molecule has 1 aliphatic rings. The van der Waals surface area contributed by atoms with Crippen molar-refractivity contribution in [1.29, 1.82) is 0 Å². The molecule has 1 aliphatic heterocycles. The van der Waals surface area contributed by atoms with Crippen LogP contribution in [0.1, 0.15) is 24.9 Å². The number of halogens is 1. The summed E-state index contributed by atoms with van der Waals surface area (Å²) in [6.07, 6.45) is 0.764. The summed E-state index contributed by atoms with van der Waals surface area (Å²) in [5, 5.41) is 3.27. The van der Waals surface area contributed by atoms with Crippen LogP contribution < -0.4 is 5.32 Å². The normalized spacial score (nSPS) is 21.9. The van der Waals surface area contributed by atoms with E-state index >= 15 is 0 Å². The number of esters is 1. The van der Waals surface area contributed by atoms with Crippen LogP contribution in [0.2, 0.25) is 0 Å². The third-order valence-corrected chi connectivity index (χ3v) is 3.29. The largest absolute Gasteiger partial charge is 0.464 e. The zero-order chi connectivity index (χ0) is 11.5. The maximum Gasteiger partial charge on any atom is 0.323 e. The molecule has 1 N–H and O–H groups in total. The van der Waals surface area contributed by atoms with Gasteiger partial charge in [0.05, 0.1) is 6.61 Å². The minimum absolute atomic E-state index is 0.135. The fourth-order valence-electron chi connectivity index (χ4n) is 1.80. The van der Waals surface area contributed by atoms with Crippen LogP contribution in [0, 0.1) is 0 Å². The number of rotatable bonds is 3. The van der Waals surface area contributed by atoms with Crippen molar-refractivity contribution < 1.29 is 9.53 Å². The second-order valence-electron chi connectivity index (χ2n) is 3.95. The van der Waals surface area contributed by atoms with Gasteiger partial charge in [-0.15, -0.1) is 0 Å². The zero-order valence-corrected chi connectivity index (χ0v) is 10.7. The van der Waals surface area contributed by atoms with E-state index in [1.165, 1.54) is 5.56 Å². The summed E-state index contributed by atoms with van der Waals surface area (Å²) >= 11 is 3.40.